The number of guanidine groups is 1. The molecule has 1 amide bonds. The van der Waals surface area contributed by atoms with Gasteiger partial charge in [0.05, 0.1) is 13.7 Å². The number of nitrogens with one attached hydrogen (secondary N) is 2. The maximum atomic E-state index is 11.7. The number of alkyl carbamates (subject to hydrolysis) is 1. The first-order valence-electron chi connectivity index (χ1n) is 8.85. The topological polar surface area (TPSA) is 75.2 Å². The Morgan fingerprint density at radius 2 is 1.92 bits per heavy atom. The first kappa shape index (κ1) is 21.6. The fourth-order valence-corrected chi connectivity index (χ4v) is 2.27. The molecule has 1 aromatic rings. The number of hydrogen-bond donors (Lipinski definition) is 2. The summed E-state index contributed by atoms with van der Waals surface area (Å²) in [7, 11) is 3.63. The maximum absolute atomic E-state index is 11.7. The third kappa shape index (κ3) is 8.09. The minimum atomic E-state index is -0.503. The third-order valence-corrected chi connectivity index (χ3v) is 3.34. The Morgan fingerprint density at radius 3 is 2.54 bits per heavy atom. The van der Waals surface area contributed by atoms with Crippen molar-refractivity contribution in [3.05, 3.63) is 29.8 Å². The molecule has 0 aromatic heterocycles. The number of rotatable bonds is 7. The molecule has 0 saturated carbocycles. The molecule has 0 spiro atoms. The van der Waals surface area contributed by atoms with Gasteiger partial charge >= 0.3 is 6.09 Å². The van der Waals surface area contributed by atoms with E-state index < -0.39 is 11.7 Å². The first-order valence-corrected chi connectivity index (χ1v) is 8.85. The summed E-state index contributed by atoms with van der Waals surface area (Å²) in [6, 6.07) is 7.91. The second-order valence-electron chi connectivity index (χ2n) is 6.83. The van der Waals surface area contributed by atoms with Crippen molar-refractivity contribution in [2.24, 2.45) is 4.99 Å². The van der Waals surface area contributed by atoms with Gasteiger partial charge in [-0.1, -0.05) is 18.2 Å². The van der Waals surface area contributed by atoms with E-state index in [-0.39, 0.29) is 0 Å². The standard InChI is InChI=1S/C19H32N4O3/c1-7-20-17(21-12-13-22-18(24)26-19(2,3)4)23(5)14-15-10-8-9-11-16(15)25-6/h8-11H,7,12-14H2,1-6H3,(H,20,21)(H,22,24). The predicted molar refractivity (Wildman–Crippen MR) is 105 cm³/mol. The average molecular weight is 364 g/mol. The minimum Gasteiger partial charge on any atom is -0.496 e. The van der Waals surface area contributed by atoms with Crippen molar-refractivity contribution in [2.75, 3.05) is 33.8 Å². The van der Waals surface area contributed by atoms with Crippen LogP contribution in [0.1, 0.15) is 33.3 Å². The predicted octanol–water partition coefficient (Wildman–Crippen LogP) is 2.62. The number of benzene rings is 1. The number of carbonyl (C=O) groups is 1. The van der Waals surface area contributed by atoms with Crippen molar-refractivity contribution in [2.45, 2.75) is 39.8 Å². The summed E-state index contributed by atoms with van der Waals surface area (Å²) in [5.41, 5.74) is 0.576. The van der Waals surface area contributed by atoms with E-state index in [1.807, 2.05) is 63.9 Å². The van der Waals surface area contributed by atoms with Crippen molar-refractivity contribution >= 4 is 12.1 Å². The molecule has 0 saturated heterocycles. The Balaban J connectivity index is 2.60. The van der Waals surface area contributed by atoms with Crippen LogP contribution in [0.2, 0.25) is 0 Å². The van der Waals surface area contributed by atoms with Crippen LogP contribution in [0.15, 0.2) is 29.3 Å². The largest absolute Gasteiger partial charge is 0.496 e. The van der Waals surface area contributed by atoms with E-state index in [0.717, 1.165) is 23.8 Å². The fourth-order valence-electron chi connectivity index (χ4n) is 2.27. The van der Waals surface area contributed by atoms with Crippen LogP contribution in [0.25, 0.3) is 0 Å². The lowest BCUT2D eigenvalue weighted by Gasteiger charge is -2.23. The summed E-state index contributed by atoms with van der Waals surface area (Å²) in [6.07, 6.45) is -0.430. The summed E-state index contributed by atoms with van der Waals surface area (Å²) in [5.74, 6) is 1.62. The second-order valence-corrected chi connectivity index (χ2v) is 6.83. The molecule has 0 bridgehead atoms. The zero-order valence-electron chi connectivity index (χ0n) is 16.8. The van der Waals surface area contributed by atoms with Crippen LogP contribution in [0, 0.1) is 0 Å². The van der Waals surface area contributed by atoms with Gasteiger partial charge in [-0.05, 0) is 33.8 Å². The number of nitrogens with zero attached hydrogens (tertiary/aromatic N) is 2. The van der Waals surface area contributed by atoms with E-state index in [0.29, 0.717) is 19.6 Å². The molecule has 146 valence electrons. The Bertz CT molecular complexity index is 597. The van der Waals surface area contributed by atoms with Crippen LogP contribution in [0.3, 0.4) is 0 Å². The zero-order valence-corrected chi connectivity index (χ0v) is 16.8. The maximum Gasteiger partial charge on any atom is 0.407 e. The Hall–Kier alpha value is -2.44. The van der Waals surface area contributed by atoms with Gasteiger partial charge in [0.2, 0.25) is 0 Å². The van der Waals surface area contributed by atoms with Gasteiger partial charge in [-0.25, -0.2) is 4.79 Å². The van der Waals surface area contributed by atoms with E-state index >= 15 is 0 Å². The van der Waals surface area contributed by atoms with Crippen molar-refractivity contribution in [1.82, 2.24) is 15.5 Å². The highest BCUT2D eigenvalue weighted by molar-refractivity contribution is 5.79. The second kappa shape index (κ2) is 10.5. The molecule has 0 radical (unpaired) electrons. The lowest BCUT2D eigenvalue weighted by atomic mass is 10.2. The molecule has 2 N–H and O–H groups in total. The number of ether oxygens (including phenoxy) is 2. The highest BCUT2D eigenvalue weighted by Gasteiger charge is 2.15. The van der Waals surface area contributed by atoms with Gasteiger partial charge < -0.3 is 25.0 Å². The fraction of sp³-hybridized carbons (Fsp3) is 0.579. The van der Waals surface area contributed by atoms with Crippen molar-refractivity contribution in [3.63, 3.8) is 0 Å². The van der Waals surface area contributed by atoms with Gasteiger partial charge in [-0.3, -0.25) is 4.99 Å². The third-order valence-electron chi connectivity index (χ3n) is 3.34. The number of methoxy groups -OCH3 is 1. The number of para-hydroxylation sites is 1. The molecular formula is C19H32N4O3. The van der Waals surface area contributed by atoms with Crippen LogP contribution >= 0.6 is 0 Å². The number of hydrogen-bond acceptors (Lipinski definition) is 4. The van der Waals surface area contributed by atoms with Gasteiger partial charge in [0, 0.05) is 32.2 Å². The number of amides is 1. The molecule has 7 nitrogen and oxygen atoms in total. The average Bonchev–Trinajstić information content (AvgIpc) is 2.56. The molecule has 0 aliphatic carbocycles. The monoisotopic (exact) mass is 364 g/mol. The van der Waals surface area contributed by atoms with E-state index in [1.165, 1.54) is 0 Å². The van der Waals surface area contributed by atoms with Crippen molar-refractivity contribution in [3.8, 4) is 5.75 Å². The first-order chi connectivity index (χ1) is 12.3. The van der Waals surface area contributed by atoms with E-state index in [1.54, 1.807) is 7.11 Å². The number of carbonyl (C=O) groups excluding carboxylic acids is 1. The Kier molecular flexibility index (Phi) is 8.75. The van der Waals surface area contributed by atoms with Gasteiger partial charge in [0.15, 0.2) is 5.96 Å². The molecular weight excluding hydrogens is 332 g/mol. The molecule has 0 atom stereocenters. The Labute approximate surface area is 156 Å². The molecule has 0 unspecified atom stereocenters. The molecule has 0 aliphatic rings. The smallest absolute Gasteiger partial charge is 0.407 e. The van der Waals surface area contributed by atoms with Crippen LogP contribution < -0.4 is 15.4 Å². The molecule has 26 heavy (non-hydrogen) atoms. The molecule has 0 aliphatic heterocycles. The van der Waals surface area contributed by atoms with Crippen LogP contribution in [-0.2, 0) is 11.3 Å². The van der Waals surface area contributed by atoms with Crippen molar-refractivity contribution < 1.29 is 14.3 Å². The van der Waals surface area contributed by atoms with E-state index in [4.69, 9.17) is 9.47 Å². The molecule has 7 heteroatoms. The SMILES string of the molecule is CCNC(=NCCNC(=O)OC(C)(C)C)N(C)Cc1ccccc1OC. The lowest BCUT2D eigenvalue weighted by molar-refractivity contribution is 0.0529. The lowest BCUT2D eigenvalue weighted by Crippen LogP contribution is -2.39. The summed E-state index contributed by atoms with van der Waals surface area (Å²) in [6.45, 7) is 9.81. The zero-order chi connectivity index (χ0) is 19.6. The van der Waals surface area contributed by atoms with Crippen LogP contribution in [-0.4, -0.2) is 56.3 Å². The summed E-state index contributed by atoms with van der Waals surface area (Å²) < 4.78 is 10.6. The Morgan fingerprint density at radius 1 is 1.23 bits per heavy atom. The minimum absolute atomic E-state index is 0.409. The number of aliphatic imine (C=N–C) groups is 1. The quantitative estimate of drug-likeness (QED) is 0.442. The summed E-state index contributed by atoms with van der Waals surface area (Å²) in [5, 5.41) is 5.97. The van der Waals surface area contributed by atoms with E-state index in [2.05, 4.69) is 15.6 Å². The highest BCUT2D eigenvalue weighted by Crippen LogP contribution is 2.18. The van der Waals surface area contributed by atoms with Crippen LogP contribution in [0.4, 0.5) is 4.79 Å². The van der Waals surface area contributed by atoms with Crippen LogP contribution in [0.5, 0.6) is 5.75 Å². The van der Waals surface area contributed by atoms with E-state index in [9.17, 15) is 4.79 Å². The summed E-state index contributed by atoms with van der Waals surface area (Å²) >= 11 is 0. The summed E-state index contributed by atoms with van der Waals surface area (Å²) in [4.78, 5) is 18.2. The molecule has 1 rings (SSSR count). The van der Waals surface area contributed by atoms with Gasteiger partial charge in [-0.15, -0.1) is 0 Å². The molecule has 0 fully saturated rings. The highest BCUT2D eigenvalue weighted by atomic mass is 16.6. The van der Waals surface area contributed by atoms with Gasteiger partial charge in [0.25, 0.3) is 0 Å². The van der Waals surface area contributed by atoms with Crippen molar-refractivity contribution in [1.29, 1.82) is 0 Å². The normalized spacial score (nSPS) is 11.7. The molecule has 0 heterocycles. The molecule has 1 aromatic carbocycles. The van der Waals surface area contributed by atoms with Gasteiger partial charge in [0.1, 0.15) is 11.4 Å². The van der Waals surface area contributed by atoms with Gasteiger partial charge in [-0.2, -0.15) is 0 Å².